The minimum absolute atomic E-state index is 0.234. The largest absolute Gasteiger partial charge is 0.369 e. The van der Waals surface area contributed by atoms with Crippen LogP contribution in [0.25, 0.3) is 0 Å². The molecule has 0 spiro atoms. The van der Waals surface area contributed by atoms with Gasteiger partial charge in [0.1, 0.15) is 0 Å². The number of rotatable bonds is 8. The highest BCUT2D eigenvalue weighted by Crippen LogP contribution is 2.14. The fourth-order valence-electron chi connectivity index (χ4n) is 1.53. The van der Waals surface area contributed by atoms with E-state index in [0.717, 1.165) is 0 Å². The molecule has 0 saturated carbocycles. The molecule has 0 aromatic carbocycles. The summed E-state index contributed by atoms with van der Waals surface area (Å²) in [5.41, 5.74) is 4.88. The number of hydrogen-bond acceptors (Lipinski definition) is 2. The van der Waals surface area contributed by atoms with E-state index in [9.17, 15) is 4.79 Å². The molecule has 0 atom stereocenters. The van der Waals surface area contributed by atoms with Gasteiger partial charge in [-0.25, -0.2) is 0 Å². The van der Waals surface area contributed by atoms with E-state index in [2.05, 4.69) is 19.2 Å². The summed E-state index contributed by atoms with van der Waals surface area (Å²) in [6.45, 7) is 8.81. The second kappa shape index (κ2) is 6.83. The molecule has 3 nitrogen and oxygen atoms in total. The maximum absolute atomic E-state index is 11.1. The lowest BCUT2D eigenvalue weighted by molar-refractivity contribution is -0.125. The molecule has 15 heavy (non-hydrogen) atoms. The van der Waals surface area contributed by atoms with Crippen LogP contribution in [0.2, 0.25) is 0 Å². The van der Waals surface area contributed by atoms with Crippen LogP contribution in [0.15, 0.2) is 0 Å². The molecule has 0 aliphatic rings. The van der Waals surface area contributed by atoms with Crippen LogP contribution < -0.4 is 11.1 Å². The summed E-state index contributed by atoms with van der Waals surface area (Å²) >= 11 is 0. The van der Waals surface area contributed by atoms with Gasteiger partial charge in [-0.1, -0.05) is 26.7 Å². The number of nitrogens with two attached hydrogens (primary N) is 1. The summed E-state index contributed by atoms with van der Waals surface area (Å²) in [5, 5.41) is 3.44. The van der Waals surface area contributed by atoms with Crippen molar-refractivity contribution in [2.75, 3.05) is 6.54 Å². The van der Waals surface area contributed by atoms with Crippen LogP contribution in [0.4, 0.5) is 0 Å². The highest BCUT2D eigenvalue weighted by molar-refractivity contribution is 5.80. The van der Waals surface area contributed by atoms with E-state index in [1.54, 1.807) is 0 Å². The second-order valence-corrected chi connectivity index (χ2v) is 4.90. The first kappa shape index (κ1) is 14.4. The van der Waals surface area contributed by atoms with E-state index >= 15 is 0 Å². The summed E-state index contributed by atoms with van der Waals surface area (Å²) < 4.78 is 0. The standard InChI is InChI=1S/C12H26N2O/c1-5-7-10(8-6-2)14-9-12(3,4)11(13)15/h10,14H,5-9H2,1-4H3,(H2,13,15). The van der Waals surface area contributed by atoms with Crippen molar-refractivity contribution in [2.24, 2.45) is 11.1 Å². The van der Waals surface area contributed by atoms with Crippen LogP contribution >= 0.6 is 0 Å². The topological polar surface area (TPSA) is 55.1 Å². The third-order valence-electron chi connectivity index (χ3n) is 2.77. The van der Waals surface area contributed by atoms with E-state index in [-0.39, 0.29) is 5.91 Å². The number of hydrogen-bond donors (Lipinski definition) is 2. The van der Waals surface area contributed by atoms with E-state index < -0.39 is 5.41 Å². The summed E-state index contributed by atoms with van der Waals surface area (Å²) in [6.07, 6.45) is 4.69. The zero-order valence-electron chi connectivity index (χ0n) is 10.6. The van der Waals surface area contributed by atoms with Gasteiger partial charge in [-0.3, -0.25) is 4.79 Å². The number of carbonyl (C=O) groups excluding carboxylic acids is 1. The van der Waals surface area contributed by atoms with E-state index in [0.29, 0.717) is 12.6 Å². The average Bonchev–Trinajstić information content (AvgIpc) is 2.15. The van der Waals surface area contributed by atoms with Crippen molar-refractivity contribution in [3.8, 4) is 0 Å². The molecule has 0 aromatic rings. The van der Waals surface area contributed by atoms with Crippen LogP contribution in [0, 0.1) is 5.41 Å². The molecule has 3 heteroatoms. The fourth-order valence-corrected chi connectivity index (χ4v) is 1.53. The van der Waals surface area contributed by atoms with E-state index in [4.69, 9.17) is 5.73 Å². The SMILES string of the molecule is CCCC(CCC)NCC(C)(C)C(N)=O. The van der Waals surface area contributed by atoms with Gasteiger partial charge in [0.2, 0.25) is 5.91 Å². The van der Waals surface area contributed by atoms with Gasteiger partial charge in [0.05, 0.1) is 5.41 Å². The van der Waals surface area contributed by atoms with Crippen molar-refractivity contribution in [1.82, 2.24) is 5.32 Å². The second-order valence-electron chi connectivity index (χ2n) is 4.90. The molecule has 0 fully saturated rings. The van der Waals surface area contributed by atoms with Crippen molar-refractivity contribution in [3.05, 3.63) is 0 Å². The Morgan fingerprint density at radius 3 is 2.07 bits per heavy atom. The van der Waals surface area contributed by atoms with Gasteiger partial charge in [0.25, 0.3) is 0 Å². The summed E-state index contributed by atoms with van der Waals surface area (Å²) in [7, 11) is 0. The monoisotopic (exact) mass is 214 g/mol. The van der Waals surface area contributed by atoms with Crippen molar-refractivity contribution in [1.29, 1.82) is 0 Å². The fraction of sp³-hybridized carbons (Fsp3) is 0.917. The zero-order chi connectivity index (χ0) is 11.9. The van der Waals surface area contributed by atoms with Gasteiger partial charge in [-0.2, -0.15) is 0 Å². The van der Waals surface area contributed by atoms with E-state index in [1.165, 1.54) is 25.7 Å². The Morgan fingerprint density at radius 1 is 1.27 bits per heavy atom. The summed E-state index contributed by atoms with van der Waals surface area (Å²) in [4.78, 5) is 11.1. The van der Waals surface area contributed by atoms with Crippen LogP contribution in [0.5, 0.6) is 0 Å². The lowest BCUT2D eigenvalue weighted by Gasteiger charge is -2.25. The van der Waals surface area contributed by atoms with Gasteiger partial charge in [0.15, 0.2) is 0 Å². The molecule has 0 aliphatic heterocycles. The van der Waals surface area contributed by atoms with Gasteiger partial charge in [-0.05, 0) is 26.7 Å². The molecule has 3 N–H and O–H groups in total. The lowest BCUT2D eigenvalue weighted by atomic mass is 9.92. The van der Waals surface area contributed by atoms with Gasteiger partial charge >= 0.3 is 0 Å². The molecule has 0 unspecified atom stereocenters. The van der Waals surface area contributed by atoms with Crippen LogP contribution in [-0.2, 0) is 4.79 Å². The van der Waals surface area contributed by atoms with Gasteiger partial charge in [0, 0.05) is 12.6 Å². The third kappa shape index (κ3) is 5.78. The predicted octanol–water partition coefficient (Wildman–Crippen LogP) is 2.06. The maximum Gasteiger partial charge on any atom is 0.224 e. The Labute approximate surface area is 93.8 Å². The van der Waals surface area contributed by atoms with Crippen molar-refractivity contribution >= 4 is 5.91 Å². The molecule has 90 valence electrons. The van der Waals surface area contributed by atoms with Crippen LogP contribution in [0.1, 0.15) is 53.4 Å². The number of nitrogens with one attached hydrogen (secondary N) is 1. The van der Waals surface area contributed by atoms with Crippen molar-refractivity contribution in [3.63, 3.8) is 0 Å². The van der Waals surface area contributed by atoms with Crippen molar-refractivity contribution < 1.29 is 4.79 Å². The molecule has 0 saturated heterocycles. The Kier molecular flexibility index (Phi) is 6.57. The Hall–Kier alpha value is -0.570. The van der Waals surface area contributed by atoms with Crippen LogP contribution in [-0.4, -0.2) is 18.5 Å². The molecular formula is C12H26N2O. The minimum atomic E-state index is -0.445. The Bertz CT molecular complexity index is 184. The number of carbonyl (C=O) groups is 1. The number of amides is 1. The van der Waals surface area contributed by atoms with Crippen LogP contribution in [0.3, 0.4) is 0 Å². The predicted molar refractivity (Wildman–Crippen MR) is 64.6 cm³/mol. The Balaban J connectivity index is 4.02. The molecule has 0 aliphatic carbocycles. The normalized spacial score (nSPS) is 12.1. The van der Waals surface area contributed by atoms with E-state index in [1.807, 2.05) is 13.8 Å². The van der Waals surface area contributed by atoms with Gasteiger partial charge in [-0.15, -0.1) is 0 Å². The zero-order valence-corrected chi connectivity index (χ0v) is 10.6. The lowest BCUT2D eigenvalue weighted by Crippen LogP contribution is -2.43. The molecule has 0 heterocycles. The first-order valence-electron chi connectivity index (χ1n) is 5.97. The minimum Gasteiger partial charge on any atom is -0.369 e. The van der Waals surface area contributed by atoms with Crippen molar-refractivity contribution in [2.45, 2.75) is 59.4 Å². The summed E-state index contributed by atoms with van der Waals surface area (Å²) in [5.74, 6) is -0.234. The highest BCUT2D eigenvalue weighted by atomic mass is 16.1. The highest BCUT2D eigenvalue weighted by Gasteiger charge is 2.25. The van der Waals surface area contributed by atoms with Gasteiger partial charge < -0.3 is 11.1 Å². The molecule has 0 rings (SSSR count). The molecular weight excluding hydrogens is 188 g/mol. The maximum atomic E-state index is 11.1. The molecule has 0 aromatic heterocycles. The molecule has 1 amide bonds. The third-order valence-corrected chi connectivity index (χ3v) is 2.77. The number of primary amides is 1. The smallest absolute Gasteiger partial charge is 0.224 e. The average molecular weight is 214 g/mol. The molecule has 0 bridgehead atoms. The Morgan fingerprint density at radius 2 is 1.73 bits per heavy atom. The quantitative estimate of drug-likeness (QED) is 0.650. The molecule has 0 radical (unpaired) electrons. The first-order chi connectivity index (χ1) is 6.94. The first-order valence-corrected chi connectivity index (χ1v) is 5.97. The summed E-state index contributed by atoms with van der Waals surface area (Å²) in [6, 6.07) is 0.527.